The van der Waals surface area contributed by atoms with Crippen LogP contribution < -0.4 is 20.4 Å². The van der Waals surface area contributed by atoms with Gasteiger partial charge >= 0.3 is 0 Å². The number of amides is 2. The number of rotatable bonds is 15. The van der Waals surface area contributed by atoms with Crippen LogP contribution in [0.4, 0.5) is 16.6 Å². The molecule has 4 aromatic carbocycles. The molecule has 2 aliphatic heterocycles. The van der Waals surface area contributed by atoms with E-state index in [4.69, 9.17) is 4.74 Å². The van der Waals surface area contributed by atoms with Crippen LogP contribution >= 0.6 is 23.1 Å². The molecule has 6 aromatic rings. The van der Waals surface area contributed by atoms with Crippen LogP contribution in [0.25, 0.3) is 10.2 Å². The summed E-state index contributed by atoms with van der Waals surface area (Å²) in [5.41, 5.74) is 6.36. The number of carbonyl (C=O) groups is 2. The Labute approximate surface area is 357 Å². The highest BCUT2D eigenvalue weighted by Crippen LogP contribution is 2.31. The number of morpholine rings is 1. The third-order valence-corrected chi connectivity index (χ3v) is 14.3. The van der Waals surface area contributed by atoms with Gasteiger partial charge in [-0.2, -0.15) is 0 Å². The number of pyridine rings is 1. The molecule has 1 atom stereocenters. The van der Waals surface area contributed by atoms with Crippen molar-refractivity contribution >= 4 is 71.8 Å². The molecule has 0 saturated carbocycles. The van der Waals surface area contributed by atoms with E-state index >= 15 is 0 Å². The van der Waals surface area contributed by atoms with E-state index < -0.39 is 15.9 Å². The van der Waals surface area contributed by atoms with Gasteiger partial charge in [0.1, 0.15) is 11.5 Å². The number of ether oxygens (including phenoxy) is 1. The average molecular weight is 864 g/mol. The van der Waals surface area contributed by atoms with E-state index in [0.717, 1.165) is 71.9 Å². The Balaban J connectivity index is 0.935. The summed E-state index contributed by atoms with van der Waals surface area (Å²) in [5.74, 6) is 0.377. The summed E-state index contributed by atoms with van der Waals surface area (Å²) in [6.45, 7) is 5.07. The Hall–Kier alpha value is -5.36. The summed E-state index contributed by atoms with van der Waals surface area (Å²) < 4.78 is 35.9. The predicted octanol–water partition coefficient (Wildman–Crippen LogP) is 7.10. The minimum absolute atomic E-state index is 0.0834. The van der Waals surface area contributed by atoms with Crippen molar-refractivity contribution in [2.45, 2.75) is 35.6 Å². The van der Waals surface area contributed by atoms with Crippen LogP contribution in [0.2, 0.25) is 0 Å². The van der Waals surface area contributed by atoms with E-state index in [1.807, 2.05) is 59.5 Å². The number of aromatic nitrogens is 2. The monoisotopic (exact) mass is 863 g/mol. The van der Waals surface area contributed by atoms with E-state index in [2.05, 4.69) is 42.5 Å². The van der Waals surface area contributed by atoms with Crippen molar-refractivity contribution in [3.8, 4) is 0 Å². The molecular weight excluding hydrogens is 819 g/mol. The lowest BCUT2D eigenvalue weighted by Crippen LogP contribution is -2.37. The van der Waals surface area contributed by atoms with Crippen molar-refractivity contribution < 1.29 is 28.0 Å². The highest BCUT2D eigenvalue weighted by atomic mass is 32.2. The standard InChI is InChI=1S/C44H45N7O6S3/c52-42(47-44-46-37-12-4-5-14-40(37)59-44)35-11-6-8-31-19-21-51(28-36(31)35)41-15-7-13-38(45-41)43(53)49-60(55,56)34-17-16-32(39(27-34)48-54)26-30(18-20-50-22-24-57-25-23-50)29-58-33-9-2-1-3-10-33/h1-17,27,30,48,54H,18-26,28-29H2,(H,49,53)(H,46,47,52)/t30-/m0/s1. The number of hydrogen-bond donors (Lipinski definition) is 4. The van der Waals surface area contributed by atoms with E-state index in [9.17, 15) is 23.2 Å². The molecule has 8 rings (SSSR count). The van der Waals surface area contributed by atoms with Gasteiger partial charge in [0.15, 0.2) is 5.13 Å². The molecule has 310 valence electrons. The van der Waals surface area contributed by atoms with Crippen LogP contribution in [0.1, 0.15) is 44.0 Å². The first-order valence-electron chi connectivity index (χ1n) is 19.8. The zero-order valence-corrected chi connectivity index (χ0v) is 35.2. The van der Waals surface area contributed by atoms with E-state index in [-0.39, 0.29) is 28.1 Å². The minimum atomic E-state index is -4.36. The van der Waals surface area contributed by atoms with Crippen LogP contribution in [0.3, 0.4) is 0 Å². The number of carbonyl (C=O) groups excluding carboxylic acids is 2. The molecule has 0 bridgehead atoms. The van der Waals surface area contributed by atoms with Crippen molar-refractivity contribution in [3.63, 3.8) is 0 Å². The Morgan fingerprint density at radius 2 is 1.68 bits per heavy atom. The number of para-hydroxylation sites is 1. The fraction of sp³-hybridized carbons (Fsp3) is 0.273. The molecule has 4 N–H and O–H groups in total. The lowest BCUT2D eigenvalue weighted by atomic mass is 9.94. The Morgan fingerprint density at radius 1 is 0.883 bits per heavy atom. The normalized spacial score (nSPS) is 15.0. The number of sulfonamides is 1. The third kappa shape index (κ3) is 9.97. The first-order valence-corrected chi connectivity index (χ1v) is 23.1. The maximum Gasteiger partial charge on any atom is 0.283 e. The van der Waals surface area contributed by atoms with Gasteiger partial charge in [0.2, 0.25) is 0 Å². The van der Waals surface area contributed by atoms with Gasteiger partial charge in [0, 0.05) is 42.4 Å². The molecule has 0 unspecified atom stereocenters. The quantitative estimate of drug-likeness (QED) is 0.0612. The summed E-state index contributed by atoms with van der Waals surface area (Å²) in [5, 5.41) is 13.7. The van der Waals surface area contributed by atoms with Crippen molar-refractivity contribution in [2.24, 2.45) is 5.92 Å². The van der Waals surface area contributed by atoms with Crippen LogP contribution in [0.5, 0.6) is 0 Å². The average Bonchev–Trinajstić information content (AvgIpc) is 3.70. The predicted molar refractivity (Wildman–Crippen MR) is 236 cm³/mol. The van der Waals surface area contributed by atoms with Gasteiger partial charge in [0.05, 0.1) is 34.0 Å². The summed E-state index contributed by atoms with van der Waals surface area (Å²) in [7, 11) is -4.36. The van der Waals surface area contributed by atoms with Gasteiger partial charge in [-0.3, -0.25) is 30.5 Å². The van der Waals surface area contributed by atoms with Gasteiger partial charge < -0.3 is 9.64 Å². The van der Waals surface area contributed by atoms with Gasteiger partial charge in [0.25, 0.3) is 21.8 Å². The highest BCUT2D eigenvalue weighted by Gasteiger charge is 2.26. The molecule has 60 heavy (non-hydrogen) atoms. The van der Waals surface area contributed by atoms with E-state index in [1.165, 1.54) is 34.4 Å². The lowest BCUT2D eigenvalue weighted by Gasteiger charge is -2.31. The molecule has 1 fully saturated rings. The lowest BCUT2D eigenvalue weighted by molar-refractivity contribution is 0.0358. The molecular formula is C44H45N7O6S3. The van der Waals surface area contributed by atoms with Gasteiger partial charge in [-0.05, 0) is 103 Å². The number of nitrogens with one attached hydrogen (secondary N) is 3. The van der Waals surface area contributed by atoms with E-state index in [0.29, 0.717) is 42.4 Å². The zero-order valence-electron chi connectivity index (χ0n) is 32.7. The summed E-state index contributed by atoms with van der Waals surface area (Å²) in [4.78, 5) is 41.5. The smallest absolute Gasteiger partial charge is 0.283 e. The molecule has 0 aliphatic carbocycles. The molecule has 0 radical (unpaired) electrons. The molecule has 1 saturated heterocycles. The van der Waals surface area contributed by atoms with Gasteiger partial charge in [-0.25, -0.2) is 23.1 Å². The van der Waals surface area contributed by atoms with Crippen LogP contribution in [-0.2, 0) is 34.1 Å². The molecule has 2 aliphatic rings. The van der Waals surface area contributed by atoms with Crippen molar-refractivity contribution in [2.75, 3.05) is 60.8 Å². The van der Waals surface area contributed by atoms with Crippen LogP contribution in [0, 0.1) is 5.92 Å². The highest BCUT2D eigenvalue weighted by molar-refractivity contribution is 7.99. The summed E-state index contributed by atoms with van der Waals surface area (Å²) in [6, 6.07) is 32.9. The minimum Gasteiger partial charge on any atom is -0.379 e. The Bertz CT molecular complexity index is 2550. The molecule has 2 aromatic heterocycles. The molecule has 16 heteroatoms. The van der Waals surface area contributed by atoms with Crippen LogP contribution in [-0.4, -0.2) is 85.5 Å². The largest absolute Gasteiger partial charge is 0.379 e. The second kappa shape index (κ2) is 18.9. The maximum atomic E-state index is 13.6. The molecule has 4 heterocycles. The number of thiazole rings is 1. The third-order valence-electron chi connectivity index (χ3n) is 10.8. The zero-order chi connectivity index (χ0) is 41.5. The topological polar surface area (TPSA) is 166 Å². The first kappa shape index (κ1) is 41.4. The van der Waals surface area contributed by atoms with Crippen molar-refractivity contribution in [1.29, 1.82) is 0 Å². The fourth-order valence-corrected chi connectivity index (χ4v) is 10.4. The number of nitrogens with zero attached hydrogens (tertiary/aromatic N) is 4. The number of fused-ring (bicyclic) bond motifs is 2. The first-order chi connectivity index (χ1) is 29.2. The number of hydrogen-bond acceptors (Lipinski definition) is 13. The van der Waals surface area contributed by atoms with Gasteiger partial charge in [-0.1, -0.05) is 65.9 Å². The second-order valence-electron chi connectivity index (χ2n) is 14.7. The van der Waals surface area contributed by atoms with Crippen molar-refractivity contribution in [1.82, 2.24) is 19.6 Å². The Kier molecular flexibility index (Phi) is 13.0. The number of thioether (sulfide) groups is 1. The molecule has 13 nitrogen and oxygen atoms in total. The molecule has 2 amide bonds. The molecule has 0 spiro atoms. The number of anilines is 3. The second-order valence-corrected chi connectivity index (χ2v) is 18.5. The van der Waals surface area contributed by atoms with E-state index in [1.54, 1.807) is 36.0 Å². The summed E-state index contributed by atoms with van der Waals surface area (Å²) >= 11 is 3.18. The van der Waals surface area contributed by atoms with Gasteiger partial charge in [-0.15, -0.1) is 11.8 Å². The number of benzene rings is 4. The van der Waals surface area contributed by atoms with Crippen LogP contribution in [0.15, 0.2) is 119 Å². The Morgan fingerprint density at radius 3 is 2.50 bits per heavy atom. The SMILES string of the molecule is O=C(NS(=O)(=O)c1ccc(C[C@H](CCN2CCOCC2)CSc2ccccc2)c(NO)c1)c1cccc(N2CCc3cccc(C(=O)Nc4nc5ccccc5s4)c3C2)n1. The fourth-order valence-electron chi connectivity index (χ4n) is 7.52. The maximum absolute atomic E-state index is 13.6. The summed E-state index contributed by atoms with van der Waals surface area (Å²) in [6.07, 6.45) is 2.16. The van der Waals surface area contributed by atoms with Crippen molar-refractivity contribution in [3.05, 3.63) is 137 Å².